The van der Waals surface area contributed by atoms with Crippen molar-refractivity contribution in [1.29, 1.82) is 0 Å². The third-order valence-corrected chi connectivity index (χ3v) is 3.47. The molecule has 1 aliphatic rings. The minimum atomic E-state index is 0.921. The van der Waals surface area contributed by atoms with Gasteiger partial charge >= 0.3 is 0 Å². The lowest BCUT2D eigenvalue weighted by Crippen LogP contribution is -2.31. The number of piperidine rings is 1. The number of aryl methyl sites for hydroxylation is 1. The molecule has 0 unspecified atom stereocenters. The third-order valence-electron chi connectivity index (χ3n) is 3.47. The molecule has 1 saturated heterocycles. The Kier molecular flexibility index (Phi) is 5.43. The molecule has 106 valence electrons. The zero-order valence-electron chi connectivity index (χ0n) is 12.3. The Morgan fingerprint density at radius 2 is 1.89 bits per heavy atom. The molecule has 0 amide bonds. The van der Waals surface area contributed by atoms with E-state index in [0.29, 0.717) is 0 Å². The van der Waals surface area contributed by atoms with Crippen LogP contribution in [0.3, 0.4) is 0 Å². The van der Waals surface area contributed by atoms with Crippen molar-refractivity contribution in [2.75, 3.05) is 29.9 Å². The van der Waals surface area contributed by atoms with E-state index < -0.39 is 0 Å². The number of anilines is 2. The molecule has 1 N–H and O–H groups in total. The van der Waals surface area contributed by atoms with Crippen molar-refractivity contribution < 1.29 is 0 Å². The van der Waals surface area contributed by atoms with Gasteiger partial charge in [0, 0.05) is 31.4 Å². The van der Waals surface area contributed by atoms with E-state index in [1.807, 2.05) is 0 Å². The molecule has 1 aromatic heterocycles. The largest absolute Gasteiger partial charge is 0.370 e. The highest BCUT2D eigenvalue weighted by Crippen LogP contribution is 2.19. The molecule has 2 rings (SSSR count). The molecule has 1 aromatic rings. The summed E-state index contributed by atoms with van der Waals surface area (Å²) in [5.41, 5.74) is 1.16. The molecule has 0 aliphatic carbocycles. The van der Waals surface area contributed by atoms with Gasteiger partial charge in [-0.2, -0.15) is 4.98 Å². The zero-order chi connectivity index (χ0) is 13.5. The van der Waals surface area contributed by atoms with E-state index in [9.17, 15) is 0 Å². The van der Waals surface area contributed by atoms with Gasteiger partial charge in [-0.3, -0.25) is 0 Å². The van der Waals surface area contributed by atoms with E-state index in [4.69, 9.17) is 4.98 Å². The molecule has 0 aromatic carbocycles. The Labute approximate surface area is 116 Å². The minimum Gasteiger partial charge on any atom is -0.370 e. The van der Waals surface area contributed by atoms with Crippen LogP contribution in [0.5, 0.6) is 0 Å². The molecule has 0 radical (unpaired) electrons. The van der Waals surface area contributed by atoms with Gasteiger partial charge in [-0.1, -0.05) is 20.3 Å². The van der Waals surface area contributed by atoms with Crippen molar-refractivity contribution in [3.8, 4) is 0 Å². The fourth-order valence-corrected chi connectivity index (χ4v) is 2.45. The number of hydrogen-bond acceptors (Lipinski definition) is 4. The van der Waals surface area contributed by atoms with Crippen molar-refractivity contribution in [1.82, 2.24) is 9.97 Å². The van der Waals surface area contributed by atoms with Crippen LogP contribution < -0.4 is 10.2 Å². The number of nitrogens with zero attached hydrogens (tertiary/aromatic N) is 3. The number of nitrogens with one attached hydrogen (secondary N) is 1. The van der Waals surface area contributed by atoms with Crippen LogP contribution in [-0.4, -0.2) is 29.6 Å². The first-order valence-electron chi connectivity index (χ1n) is 7.70. The van der Waals surface area contributed by atoms with Crippen LogP contribution in [0.15, 0.2) is 6.07 Å². The van der Waals surface area contributed by atoms with Crippen LogP contribution in [0.2, 0.25) is 0 Å². The average molecular weight is 262 g/mol. The van der Waals surface area contributed by atoms with Gasteiger partial charge < -0.3 is 10.2 Å². The second kappa shape index (κ2) is 7.31. The Bertz CT molecular complexity index is 386. The number of aromatic nitrogens is 2. The third kappa shape index (κ3) is 4.08. The Morgan fingerprint density at radius 3 is 2.58 bits per heavy atom. The maximum Gasteiger partial charge on any atom is 0.227 e. The molecule has 2 heterocycles. The van der Waals surface area contributed by atoms with Crippen LogP contribution in [0, 0.1) is 0 Å². The lowest BCUT2D eigenvalue weighted by atomic mass is 10.1. The summed E-state index contributed by atoms with van der Waals surface area (Å²) in [6.45, 7) is 7.54. The molecular weight excluding hydrogens is 236 g/mol. The highest BCUT2D eigenvalue weighted by Gasteiger charge is 2.15. The first kappa shape index (κ1) is 14.1. The van der Waals surface area contributed by atoms with Gasteiger partial charge in [0.15, 0.2) is 0 Å². The van der Waals surface area contributed by atoms with Gasteiger partial charge in [-0.05, 0) is 32.1 Å². The van der Waals surface area contributed by atoms with Crippen LogP contribution >= 0.6 is 0 Å². The predicted octanol–water partition coefficient (Wildman–Crippen LogP) is 3.24. The average Bonchev–Trinajstić information content (AvgIpc) is 2.46. The van der Waals surface area contributed by atoms with E-state index in [2.05, 4.69) is 35.1 Å². The lowest BCUT2D eigenvalue weighted by molar-refractivity contribution is 0.567. The summed E-state index contributed by atoms with van der Waals surface area (Å²) in [4.78, 5) is 11.7. The molecule has 1 fully saturated rings. The Morgan fingerprint density at radius 1 is 1.11 bits per heavy atom. The first-order valence-corrected chi connectivity index (χ1v) is 7.70. The van der Waals surface area contributed by atoms with Gasteiger partial charge in [0.2, 0.25) is 5.95 Å². The molecule has 0 atom stereocenters. The smallest absolute Gasteiger partial charge is 0.227 e. The summed E-state index contributed by atoms with van der Waals surface area (Å²) in [5, 5.41) is 3.39. The molecule has 4 heteroatoms. The highest BCUT2D eigenvalue weighted by molar-refractivity contribution is 5.44. The second-order valence-corrected chi connectivity index (χ2v) is 5.27. The van der Waals surface area contributed by atoms with E-state index in [0.717, 1.165) is 56.4 Å². The molecular formula is C15H26N4. The molecule has 19 heavy (non-hydrogen) atoms. The maximum atomic E-state index is 4.73. The Balaban J connectivity index is 2.17. The standard InChI is InChI=1S/C15H26N4/c1-3-8-13-12-14(16-9-4-2)18-15(17-13)19-10-6-5-7-11-19/h12H,3-11H2,1-2H3,(H,16,17,18). The Hall–Kier alpha value is -1.32. The van der Waals surface area contributed by atoms with Crippen molar-refractivity contribution >= 4 is 11.8 Å². The SMILES string of the molecule is CCCNc1cc(CCC)nc(N2CCCCC2)n1. The highest BCUT2D eigenvalue weighted by atomic mass is 15.3. The quantitative estimate of drug-likeness (QED) is 0.854. The van der Waals surface area contributed by atoms with E-state index in [1.165, 1.54) is 19.3 Å². The molecule has 0 bridgehead atoms. The van der Waals surface area contributed by atoms with Gasteiger partial charge in [0.25, 0.3) is 0 Å². The molecule has 4 nitrogen and oxygen atoms in total. The van der Waals surface area contributed by atoms with E-state index in [-0.39, 0.29) is 0 Å². The van der Waals surface area contributed by atoms with Crippen molar-refractivity contribution in [2.24, 2.45) is 0 Å². The topological polar surface area (TPSA) is 41.1 Å². The van der Waals surface area contributed by atoms with Crippen molar-refractivity contribution in [3.63, 3.8) is 0 Å². The van der Waals surface area contributed by atoms with Crippen LogP contribution in [0.4, 0.5) is 11.8 Å². The van der Waals surface area contributed by atoms with Gasteiger partial charge in [-0.25, -0.2) is 4.98 Å². The zero-order valence-corrected chi connectivity index (χ0v) is 12.3. The summed E-state index contributed by atoms with van der Waals surface area (Å²) in [7, 11) is 0. The number of hydrogen-bond donors (Lipinski definition) is 1. The number of rotatable bonds is 6. The first-order chi connectivity index (χ1) is 9.33. The van der Waals surface area contributed by atoms with Crippen LogP contribution in [0.25, 0.3) is 0 Å². The fraction of sp³-hybridized carbons (Fsp3) is 0.733. The van der Waals surface area contributed by atoms with Crippen LogP contribution in [-0.2, 0) is 6.42 Å². The second-order valence-electron chi connectivity index (χ2n) is 5.27. The summed E-state index contributed by atoms with van der Waals surface area (Å²) < 4.78 is 0. The van der Waals surface area contributed by atoms with E-state index >= 15 is 0 Å². The van der Waals surface area contributed by atoms with Gasteiger partial charge in [0.05, 0.1) is 0 Å². The van der Waals surface area contributed by atoms with Gasteiger partial charge in [0.1, 0.15) is 5.82 Å². The minimum absolute atomic E-state index is 0.921. The fourth-order valence-electron chi connectivity index (χ4n) is 2.45. The van der Waals surface area contributed by atoms with Crippen molar-refractivity contribution in [2.45, 2.75) is 52.4 Å². The van der Waals surface area contributed by atoms with Crippen molar-refractivity contribution in [3.05, 3.63) is 11.8 Å². The maximum absolute atomic E-state index is 4.73. The summed E-state index contributed by atoms with van der Waals surface area (Å²) >= 11 is 0. The lowest BCUT2D eigenvalue weighted by Gasteiger charge is -2.27. The van der Waals surface area contributed by atoms with Gasteiger partial charge in [-0.15, -0.1) is 0 Å². The van der Waals surface area contributed by atoms with Crippen LogP contribution in [0.1, 0.15) is 51.6 Å². The molecule has 0 saturated carbocycles. The summed E-state index contributed by atoms with van der Waals surface area (Å²) in [6.07, 6.45) is 7.14. The predicted molar refractivity (Wildman–Crippen MR) is 80.9 cm³/mol. The van der Waals surface area contributed by atoms with E-state index in [1.54, 1.807) is 0 Å². The normalized spacial score (nSPS) is 15.6. The molecule has 1 aliphatic heterocycles. The monoisotopic (exact) mass is 262 g/mol. The summed E-state index contributed by atoms with van der Waals surface area (Å²) in [6, 6.07) is 2.10. The molecule has 0 spiro atoms. The summed E-state index contributed by atoms with van der Waals surface area (Å²) in [5.74, 6) is 1.91.